The van der Waals surface area contributed by atoms with Crippen molar-refractivity contribution < 1.29 is 0 Å². The van der Waals surface area contributed by atoms with Gasteiger partial charge >= 0.3 is 0 Å². The topological polar surface area (TPSA) is 15.3 Å². The maximum absolute atomic E-state index is 4.00. The molecule has 0 radical (unpaired) electrons. The Hall–Kier alpha value is -6.58. The highest BCUT2D eigenvalue weighted by Crippen LogP contribution is 2.58. The van der Waals surface area contributed by atoms with E-state index in [4.69, 9.17) is 0 Å². The Kier molecular flexibility index (Phi) is 10.0. The molecule has 0 fully saturated rings. The van der Waals surface area contributed by atoms with Gasteiger partial charge in [-0.2, -0.15) is 0 Å². The molecule has 0 amide bonds. The van der Waals surface area contributed by atoms with Crippen LogP contribution < -0.4 is 21.1 Å². The van der Waals surface area contributed by atoms with Gasteiger partial charge in [0.05, 0.1) is 0 Å². The smallest absolute Gasteiger partial charge is 0.198 e. The summed E-state index contributed by atoms with van der Waals surface area (Å²) in [6.45, 7) is 24.7. The summed E-state index contributed by atoms with van der Waals surface area (Å²) in [4.78, 5) is 2.76. The van der Waals surface area contributed by atoms with Gasteiger partial charge in [0, 0.05) is 39.4 Å². The van der Waals surface area contributed by atoms with Crippen LogP contribution in [-0.2, 0) is 27.1 Å². The molecule has 1 aliphatic heterocycles. The number of benzene rings is 8. The van der Waals surface area contributed by atoms with Gasteiger partial charge in [0.15, 0.2) is 7.28 Å². The van der Waals surface area contributed by atoms with Crippen LogP contribution in [0.5, 0.6) is 0 Å². The first-order chi connectivity index (χ1) is 33.4. The van der Waals surface area contributed by atoms with Crippen LogP contribution in [-0.4, -0.2) is 7.28 Å². The minimum absolute atomic E-state index is 0.0568. The molecular weight excluding hydrogens is 844 g/mol. The molecule has 1 N–H and O–H groups in total. The second-order valence-electron chi connectivity index (χ2n) is 24.3. The molecule has 0 atom stereocenters. The first kappa shape index (κ1) is 44.6. The van der Waals surface area contributed by atoms with E-state index in [0.717, 1.165) is 18.7 Å². The number of nitrogens with one attached hydrogen (secondary N) is 1. The third kappa shape index (κ3) is 7.04. The van der Waals surface area contributed by atoms with Gasteiger partial charge in [-0.25, -0.2) is 0 Å². The van der Waals surface area contributed by atoms with Crippen LogP contribution in [0.1, 0.15) is 128 Å². The molecular formula is C67H67BN2. The Morgan fingerprint density at radius 1 is 0.414 bits per heavy atom. The first-order valence-electron chi connectivity index (χ1n) is 26.0. The average molecular weight is 911 g/mol. The highest BCUT2D eigenvalue weighted by molar-refractivity contribution is 6.73. The van der Waals surface area contributed by atoms with Crippen molar-refractivity contribution in [1.29, 1.82) is 0 Å². The zero-order chi connectivity index (χ0) is 48.5. The quantitative estimate of drug-likeness (QED) is 0.167. The van der Waals surface area contributed by atoms with E-state index in [9.17, 15) is 0 Å². The fourth-order valence-electron chi connectivity index (χ4n) is 13.1. The molecule has 12 rings (SSSR count). The number of anilines is 5. The van der Waals surface area contributed by atoms with Crippen molar-refractivity contribution in [3.63, 3.8) is 0 Å². The number of hydrogen-bond donors (Lipinski definition) is 1. The molecule has 0 aromatic heterocycles. The molecule has 0 spiro atoms. The van der Waals surface area contributed by atoms with Gasteiger partial charge in [-0.05, 0) is 174 Å². The fraction of sp³-hybridized carbons (Fsp3) is 0.284. The zero-order valence-electron chi connectivity index (χ0n) is 43.1. The SMILES string of the molecule is CC1(C)CCC(C)(C)c2cc(N3c4cc5c(cc4Bc4c(-c6cc(-c7ccccc7)ccc6Nc6ccc(-c7ccccc7)cc6)cc6c(c43)C(C)(C)c3ccccc3-6)C(C)(C)CCC5(C)C)ccc21. The first-order valence-corrected chi connectivity index (χ1v) is 26.0. The van der Waals surface area contributed by atoms with Crippen molar-refractivity contribution in [1.82, 2.24) is 0 Å². The normalized spacial score (nSPS) is 18.0. The largest absolute Gasteiger partial charge is 0.355 e. The van der Waals surface area contributed by atoms with Gasteiger partial charge in [-0.15, -0.1) is 0 Å². The van der Waals surface area contributed by atoms with Gasteiger partial charge in [-0.3, -0.25) is 0 Å². The van der Waals surface area contributed by atoms with Crippen molar-refractivity contribution in [2.75, 3.05) is 10.2 Å². The van der Waals surface area contributed by atoms with Crippen LogP contribution in [0.25, 0.3) is 44.5 Å². The van der Waals surface area contributed by atoms with Gasteiger partial charge in [0.25, 0.3) is 0 Å². The minimum atomic E-state index is -0.247. The van der Waals surface area contributed by atoms with Crippen LogP contribution in [0, 0.1) is 0 Å². The lowest BCUT2D eigenvalue weighted by Crippen LogP contribution is -2.45. The fourth-order valence-corrected chi connectivity index (χ4v) is 13.1. The van der Waals surface area contributed by atoms with E-state index in [1.54, 1.807) is 0 Å². The number of rotatable bonds is 6. The highest BCUT2D eigenvalue weighted by atomic mass is 15.2. The van der Waals surface area contributed by atoms with Crippen molar-refractivity contribution in [2.24, 2.45) is 0 Å². The highest BCUT2D eigenvalue weighted by Gasteiger charge is 2.46. The molecule has 1 heterocycles. The summed E-state index contributed by atoms with van der Waals surface area (Å²) in [6.07, 6.45) is 4.72. The lowest BCUT2D eigenvalue weighted by molar-refractivity contribution is 0.332. The molecule has 3 aliphatic carbocycles. The molecule has 0 unspecified atom stereocenters. The van der Waals surface area contributed by atoms with E-state index < -0.39 is 0 Å². The Labute approximate surface area is 418 Å². The molecule has 0 bridgehead atoms. The van der Waals surface area contributed by atoms with Crippen LogP contribution in [0.2, 0.25) is 0 Å². The van der Waals surface area contributed by atoms with Gasteiger partial charge in [0.2, 0.25) is 0 Å². The van der Waals surface area contributed by atoms with Crippen molar-refractivity contribution >= 4 is 46.6 Å². The molecule has 0 saturated heterocycles. The van der Waals surface area contributed by atoms with E-state index >= 15 is 0 Å². The Balaban J connectivity index is 1.16. The molecule has 0 saturated carbocycles. The predicted octanol–water partition coefficient (Wildman–Crippen LogP) is 16.6. The molecule has 8 aromatic rings. The number of hydrogen-bond acceptors (Lipinski definition) is 2. The maximum atomic E-state index is 4.00. The van der Waals surface area contributed by atoms with E-state index in [0.29, 0.717) is 0 Å². The van der Waals surface area contributed by atoms with Crippen molar-refractivity contribution in [3.8, 4) is 44.5 Å². The van der Waals surface area contributed by atoms with E-state index in [2.05, 4.69) is 243 Å². The van der Waals surface area contributed by atoms with Crippen molar-refractivity contribution in [3.05, 3.63) is 197 Å². The predicted molar refractivity (Wildman–Crippen MR) is 302 cm³/mol. The molecule has 70 heavy (non-hydrogen) atoms. The molecule has 4 aliphatic rings. The number of fused-ring (bicyclic) bond motifs is 8. The molecule has 8 aromatic carbocycles. The standard InChI is InChI=1S/C67H67BN2/c1-63(2)33-34-64(3,4)54-38-47(30-31-53(54)63)70-59-41-56-55(65(5,6)35-36-66(56,7)8)40-57(59)68-61-51(39-50-48-23-17-18-24-52(48)67(9,10)60(50)62(61)70)49-37-45(43-21-15-12-16-22-43)27-32-58(49)69-46-28-25-44(26-29-46)42-19-13-11-14-20-42/h11-32,37-41,68-69H,33-36H2,1-10H3. The van der Waals surface area contributed by atoms with Crippen LogP contribution in [0.3, 0.4) is 0 Å². The van der Waals surface area contributed by atoms with Gasteiger partial charge in [0.1, 0.15) is 0 Å². The summed E-state index contributed by atoms with van der Waals surface area (Å²) in [7, 11) is 0.838. The summed E-state index contributed by atoms with van der Waals surface area (Å²) in [5, 5.41) is 4.00. The van der Waals surface area contributed by atoms with Crippen LogP contribution >= 0.6 is 0 Å². The second-order valence-corrected chi connectivity index (χ2v) is 24.3. The van der Waals surface area contributed by atoms with Crippen LogP contribution in [0.4, 0.5) is 28.4 Å². The monoisotopic (exact) mass is 911 g/mol. The van der Waals surface area contributed by atoms with Gasteiger partial charge < -0.3 is 10.2 Å². The summed E-state index contributed by atoms with van der Waals surface area (Å²) in [6, 6.07) is 62.3. The van der Waals surface area contributed by atoms with E-state index in [-0.39, 0.29) is 27.1 Å². The average Bonchev–Trinajstić information content (AvgIpc) is 3.59. The van der Waals surface area contributed by atoms with E-state index in [1.165, 1.54) is 132 Å². The zero-order valence-corrected chi connectivity index (χ0v) is 43.1. The van der Waals surface area contributed by atoms with E-state index in [1.807, 2.05) is 0 Å². The molecule has 2 nitrogen and oxygen atoms in total. The summed E-state index contributed by atoms with van der Waals surface area (Å²) in [5.41, 5.74) is 27.9. The minimum Gasteiger partial charge on any atom is -0.355 e. The second kappa shape index (κ2) is 15.7. The Bertz CT molecular complexity index is 3390. The summed E-state index contributed by atoms with van der Waals surface area (Å²) >= 11 is 0. The Morgan fingerprint density at radius 2 is 0.957 bits per heavy atom. The third-order valence-corrected chi connectivity index (χ3v) is 17.6. The maximum Gasteiger partial charge on any atom is 0.198 e. The third-order valence-electron chi connectivity index (χ3n) is 17.6. The van der Waals surface area contributed by atoms with Gasteiger partial charge in [-0.1, -0.05) is 190 Å². The lowest BCUT2D eigenvalue weighted by atomic mass is 9.54. The Morgan fingerprint density at radius 3 is 1.61 bits per heavy atom. The number of nitrogens with zero attached hydrogens (tertiary/aromatic N) is 1. The summed E-state index contributed by atoms with van der Waals surface area (Å²) < 4.78 is 0. The molecule has 3 heteroatoms. The van der Waals surface area contributed by atoms with Crippen LogP contribution in [0.15, 0.2) is 164 Å². The lowest BCUT2D eigenvalue weighted by Gasteiger charge is -2.46. The molecule has 348 valence electrons. The summed E-state index contributed by atoms with van der Waals surface area (Å²) in [5.74, 6) is 0. The van der Waals surface area contributed by atoms with Crippen molar-refractivity contribution in [2.45, 2.75) is 122 Å².